The molecule has 0 aliphatic carbocycles. The summed E-state index contributed by atoms with van der Waals surface area (Å²) in [6.45, 7) is 0. The highest BCUT2D eigenvalue weighted by molar-refractivity contribution is 4.58. The molecular weight excluding hydrogens is 204 g/mol. The maximum Gasteiger partial charge on any atom is 0.350 e. The lowest BCUT2D eigenvalue weighted by Gasteiger charge is -1.74. The van der Waals surface area contributed by atoms with E-state index in [0.29, 0.717) is 0 Å². The number of aromatic nitrogens is 6. The fourth-order valence-electron chi connectivity index (χ4n) is 0.564. The molecular formula is C6H6N6O3. The number of H-pyrrole nitrogens is 3. The molecule has 0 aromatic carbocycles. The van der Waals surface area contributed by atoms with Crippen molar-refractivity contribution in [1.29, 1.82) is 0 Å². The summed E-state index contributed by atoms with van der Waals surface area (Å²) in [5.41, 5.74) is -1.53. The van der Waals surface area contributed by atoms with Gasteiger partial charge in [-0.15, -0.1) is 0 Å². The van der Waals surface area contributed by atoms with Crippen LogP contribution in [0.3, 0.4) is 0 Å². The molecule has 0 aliphatic rings. The number of rotatable bonds is 0. The van der Waals surface area contributed by atoms with E-state index in [9.17, 15) is 14.4 Å². The minimum atomic E-state index is -0.631. The Labute approximate surface area is 81.3 Å². The summed E-state index contributed by atoms with van der Waals surface area (Å²) >= 11 is 0. The Hall–Kier alpha value is -2.58. The summed E-state index contributed by atoms with van der Waals surface area (Å²) in [6.07, 6.45) is 3.52. The van der Waals surface area contributed by atoms with Crippen LogP contribution < -0.4 is 17.1 Å². The molecule has 0 amide bonds. The average molecular weight is 210 g/mol. The van der Waals surface area contributed by atoms with E-state index in [-0.39, 0.29) is 5.69 Å². The molecule has 78 valence electrons. The first-order chi connectivity index (χ1) is 7.18. The second-order valence-electron chi connectivity index (χ2n) is 2.13. The highest BCUT2D eigenvalue weighted by Gasteiger charge is 1.79. The predicted octanol–water partition coefficient (Wildman–Crippen LogP) is -2.38. The first kappa shape index (κ1) is 10.5. The van der Waals surface area contributed by atoms with Gasteiger partial charge < -0.3 is 0 Å². The van der Waals surface area contributed by atoms with Gasteiger partial charge in [-0.25, -0.2) is 19.4 Å². The molecule has 9 heteroatoms. The minimum absolute atomic E-state index is 0.366. The molecule has 0 spiro atoms. The van der Waals surface area contributed by atoms with Crippen molar-refractivity contribution in [2.24, 2.45) is 0 Å². The van der Waals surface area contributed by atoms with Crippen molar-refractivity contribution in [3.63, 3.8) is 0 Å². The van der Waals surface area contributed by atoms with Gasteiger partial charge in [0.2, 0.25) is 0 Å². The van der Waals surface area contributed by atoms with E-state index < -0.39 is 11.4 Å². The summed E-state index contributed by atoms with van der Waals surface area (Å²) in [7, 11) is 0. The second kappa shape index (κ2) is 5.21. The van der Waals surface area contributed by atoms with Gasteiger partial charge in [-0.1, -0.05) is 0 Å². The third kappa shape index (κ3) is 4.26. The second-order valence-corrected chi connectivity index (χ2v) is 2.13. The summed E-state index contributed by atoms with van der Waals surface area (Å²) in [5, 5.41) is 0. The van der Waals surface area contributed by atoms with Crippen LogP contribution in [0.15, 0.2) is 33.4 Å². The largest absolute Gasteiger partial charge is 0.350 e. The summed E-state index contributed by atoms with van der Waals surface area (Å²) in [6, 6.07) is 0. The molecule has 9 nitrogen and oxygen atoms in total. The van der Waals surface area contributed by atoms with Crippen LogP contribution in [0, 0.1) is 0 Å². The van der Waals surface area contributed by atoms with Crippen LogP contribution in [0.1, 0.15) is 0 Å². The van der Waals surface area contributed by atoms with Crippen molar-refractivity contribution in [2.45, 2.75) is 0 Å². The molecule has 0 bridgehead atoms. The van der Waals surface area contributed by atoms with E-state index in [1.54, 1.807) is 0 Å². The molecule has 0 saturated heterocycles. The maximum atomic E-state index is 10.1. The fraction of sp³-hybridized carbons (Fsp3) is 0. The van der Waals surface area contributed by atoms with Gasteiger partial charge in [0.25, 0.3) is 0 Å². The topological polar surface area (TPSA) is 137 Å². The standard InChI is InChI=1S/C3H3N3O2.C3H3N3O/c7-2-4-1-5-3(8)6-2;7-3-5-1-4-2-6-3/h1H,(H2,4,5,6,7,8);1-2H,(H,4,5,6,7). The lowest BCUT2D eigenvalue weighted by molar-refractivity contribution is 0.933. The molecule has 15 heavy (non-hydrogen) atoms. The Kier molecular flexibility index (Phi) is 3.65. The number of aromatic amines is 3. The molecule has 0 unspecified atom stereocenters. The molecule has 2 aromatic rings. The van der Waals surface area contributed by atoms with Crippen molar-refractivity contribution in [1.82, 2.24) is 29.9 Å². The highest BCUT2D eigenvalue weighted by atomic mass is 16.2. The lowest BCUT2D eigenvalue weighted by atomic mass is 11.0. The van der Waals surface area contributed by atoms with Crippen molar-refractivity contribution < 1.29 is 0 Å². The third-order valence-corrected chi connectivity index (χ3v) is 1.10. The van der Waals surface area contributed by atoms with Gasteiger partial charge in [0.15, 0.2) is 0 Å². The van der Waals surface area contributed by atoms with E-state index in [0.717, 1.165) is 6.33 Å². The zero-order chi connectivity index (χ0) is 11.1. The predicted molar refractivity (Wildman–Crippen MR) is 48.1 cm³/mol. The number of hydrogen-bond acceptors (Lipinski definition) is 6. The molecule has 2 rings (SSSR count). The normalized spacial score (nSPS) is 8.80. The van der Waals surface area contributed by atoms with Crippen molar-refractivity contribution in [2.75, 3.05) is 0 Å². The SMILES string of the molecule is O=c1nc[nH]c(=O)[nH]1.O=c1ncnc[nH]1. The molecule has 0 aliphatic heterocycles. The van der Waals surface area contributed by atoms with Crippen LogP contribution in [0.4, 0.5) is 0 Å². The summed E-state index contributed by atoms with van der Waals surface area (Å²) in [4.78, 5) is 46.5. The smallest absolute Gasteiger partial charge is 0.298 e. The lowest BCUT2D eigenvalue weighted by Crippen LogP contribution is -2.22. The number of nitrogens with one attached hydrogen (secondary N) is 3. The van der Waals surface area contributed by atoms with E-state index in [1.807, 2.05) is 4.98 Å². The van der Waals surface area contributed by atoms with Gasteiger partial charge in [0.1, 0.15) is 12.7 Å². The van der Waals surface area contributed by atoms with Crippen LogP contribution in [-0.4, -0.2) is 29.9 Å². The van der Waals surface area contributed by atoms with Crippen molar-refractivity contribution in [3.05, 3.63) is 50.4 Å². The molecule has 3 N–H and O–H groups in total. The maximum absolute atomic E-state index is 10.1. The van der Waals surface area contributed by atoms with E-state index in [4.69, 9.17) is 0 Å². The molecule has 0 fully saturated rings. The quantitative estimate of drug-likeness (QED) is 0.444. The Morgan fingerprint density at radius 2 is 1.73 bits per heavy atom. The summed E-state index contributed by atoms with van der Waals surface area (Å²) in [5.74, 6) is 0. The zero-order valence-electron chi connectivity index (χ0n) is 7.30. The Morgan fingerprint density at radius 3 is 2.07 bits per heavy atom. The van der Waals surface area contributed by atoms with Gasteiger partial charge in [0, 0.05) is 0 Å². The molecule has 2 aromatic heterocycles. The van der Waals surface area contributed by atoms with Crippen LogP contribution in [0.25, 0.3) is 0 Å². The first-order valence-electron chi connectivity index (χ1n) is 3.67. The van der Waals surface area contributed by atoms with Crippen molar-refractivity contribution >= 4 is 0 Å². The highest BCUT2D eigenvalue weighted by Crippen LogP contribution is 1.49. The van der Waals surface area contributed by atoms with Gasteiger partial charge in [0.05, 0.1) is 6.33 Å². The Balaban J connectivity index is 0.000000151. The van der Waals surface area contributed by atoms with Crippen LogP contribution >= 0.6 is 0 Å². The minimum Gasteiger partial charge on any atom is -0.298 e. The Bertz CT molecular complexity index is 527. The monoisotopic (exact) mass is 210 g/mol. The number of nitrogens with zero attached hydrogens (tertiary/aromatic N) is 3. The van der Waals surface area contributed by atoms with E-state index >= 15 is 0 Å². The third-order valence-electron chi connectivity index (χ3n) is 1.10. The van der Waals surface area contributed by atoms with Crippen molar-refractivity contribution in [3.8, 4) is 0 Å². The summed E-state index contributed by atoms with van der Waals surface area (Å²) < 4.78 is 0. The molecule has 0 atom stereocenters. The Morgan fingerprint density at radius 1 is 0.933 bits per heavy atom. The van der Waals surface area contributed by atoms with Gasteiger partial charge in [-0.3, -0.25) is 15.0 Å². The first-order valence-corrected chi connectivity index (χ1v) is 3.67. The van der Waals surface area contributed by atoms with Gasteiger partial charge in [-0.05, 0) is 0 Å². The van der Waals surface area contributed by atoms with E-state index in [2.05, 4.69) is 24.9 Å². The van der Waals surface area contributed by atoms with Gasteiger partial charge >= 0.3 is 17.1 Å². The molecule has 0 saturated carbocycles. The number of hydrogen-bond donors (Lipinski definition) is 3. The van der Waals surface area contributed by atoms with E-state index in [1.165, 1.54) is 12.7 Å². The molecule has 2 heterocycles. The van der Waals surface area contributed by atoms with Crippen LogP contribution in [0.2, 0.25) is 0 Å². The van der Waals surface area contributed by atoms with Gasteiger partial charge in [-0.2, -0.15) is 9.97 Å². The average Bonchev–Trinajstić information content (AvgIpc) is 2.19. The van der Waals surface area contributed by atoms with Crippen LogP contribution in [-0.2, 0) is 0 Å². The molecule has 0 radical (unpaired) electrons. The fourth-order valence-corrected chi connectivity index (χ4v) is 0.564. The van der Waals surface area contributed by atoms with Crippen LogP contribution in [0.5, 0.6) is 0 Å². The zero-order valence-corrected chi connectivity index (χ0v) is 7.30.